The number of hydrogen-bond donors (Lipinski definition) is 2. The number of para-hydroxylation sites is 1. The molecule has 4 heteroatoms. The van der Waals surface area contributed by atoms with Crippen molar-refractivity contribution in [1.82, 2.24) is 10.3 Å². The Bertz CT molecular complexity index is 786. The van der Waals surface area contributed by atoms with Gasteiger partial charge < -0.3 is 10.6 Å². The van der Waals surface area contributed by atoms with E-state index >= 15 is 0 Å². The maximum Gasteiger partial charge on any atom is 0.252 e. The number of aromatic nitrogens is 1. The average molecular weight is 331 g/mol. The van der Waals surface area contributed by atoms with E-state index in [1.54, 1.807) is 12.3 Å². The van der Waals surface area contributed by atoms with Gasteiger partial charge in [-0.2, -0.15) is 0 Å². The number of hydrogen-bond acceptors (Lipinski definition) is 3. The SMILES string of the molecule is O=C(NCCCc1ccccc1)c1ccc(Nc2ccccc2)nc1. The highest BCUT2D eigenvalue weighted by molar-refractivity contribution is 5.94. The van der Waals surface area contributed by atoms with Crippen LogP contribution in [0.25, 0.3) is 0 Å². The monoisotopic (exact) mass is 331 g/mol. The molecule has 0 spiro atoms. The third kappa shape index (κ3) is 5.18. The van der Waals surface area contributed by atoms with E-state index in [0.717, 1.165) is 18.5 Å². The summed E-state index contributed by atoms with van der Waals surface area (Å²) in [5.41, 5.74) is 2.82. The zero-order valence-electron chi connectivity index (χ0n) is 14.0. The summed E-state index contributed by atoms with van der Waals surface area (Å²) in [4.78, 5) is 16.5. The van der Waals surface area contributed by atoms with Crippen molar-refractivity contribution < 1.29 is 4.79 Å². The maximum absolute atomic E-state index is 12.2. The topological polar surface area (TPSA) is 54.0 Å². The first-order valence-electron chi connectivity index (χ1n) is 8.41. The third-order valence-corrected chi connectivity index (χ3v) is 3.84. The van der Waals surface area contributed by atoms with Crippen LogP contribution in [0.1, 0.15) is 22.3 Å². The van der Waals surface area contributed by atoms with Gasteiger partial charge in [0, 0.05) is 18.4 Å². The highest BCUT2D eigenvalue weighted by atomic mass is 16.1. The second kappa shape index (κ2) is 8.64. The zero-order valence-corrected chi connectivity index (χ0v) is 14.0. The summed E-state index contributed by atoms with van der Waals surface area (Å²) in [5, 5.41) is 6.14. The number of carbonyl (C=O) groups excluding carboxylic acids is 1. The smallest absolute Gasteiger partial charge is 0.252 e. The van der Waals surface area contributed by atoms with Crippen LogP contribution >= 0.6 is 0 Å². The van der Waals surface area contributed by atoms with Crippen molar-refractivity contribution in [1.29, 1.82) is 0 Å². The molecule has 0 aliphatic rings. The highest BCUT2D eigenvalue weighted by Gasteiger charge is 2.05. The van der Waals surface area contributed by atoms with Crippen LogP contribution < -0.4 is 10.6 Å². The van der Waals surface area contributed by atoms with Crippen LogP contribution in [-0.2, 0) is 6.42 Å². The molecule has 0 unspecified atom stereocenters. The van der Waals surface area contributed by atoms with Crippen LogP contribution in [0, 0.1) is 0 Å². The fraction of sp³-hybridized carbons (Fsp3) is 0.143. The van der Waals surface area contributed by atoms with Gasteiger partial charge in [-0.05, 0) is 42.7 Å². The van der Waals surface area contributed by atoms with E-state index in [-0.39, 0.29) is 5.91 Å². The number of carbonyl (C=O) groups is 1. The van der Waals surface area contributed by atoms with E-state index < -0.39 is 0 Å². The number of rotatable bonds is 7. The molecule has 126 valence electrons. The molecule has 3 rings (SSSR count). The Hall–Kier alpha value is -3.14. The van der Waals surface area contributed by atoms with Crippen molar-refractivity contribution in [2.45, 2.75) is 12.8 Å². The van der Waals surface area contributed by atoms with Crippen molar-refractivity contribution in [3.63, 3.8) is 0 Å². The number of anilines is 2. The normalized spacial score (nSPS) is 10.2. The molecule has 0 fully saturated rings. The molecule has 2 aromatic carbocycles. The molecule has 0 bridgehead atoms. The Kier molecular flexibility index (Phi) is 5.77. The summed E-state index contributed by atoms with van der Waals surface area (Å²) in [5.74, 6) is 0.624. The summed E-state index contributed by atoms with van der Waals surface area (Å²) < 4.78 is 0. The Morgan fingerprint density at radius 1 is 0.880 bits per heavy atom. The lowest BCUT2D eigenvalue weighted by Gasteiger charge is -2.07. The van der Waals surface area contributed by atoms with E-state index in [2.05, 4.69) is 27.8 Å². The van der Waals surface area contributed by atoms with E-state index in [4.69, 9.17) is 0 Å². The number of nitrogens with zero attached hydrogens (tertiary/aromatic N) is 1. The minimum Gasteiger partial charge on any atom is -0.352 e. The predicted molar refractivity (Wildman–Crippen MR) is 101 cm³/mol. The molecule has 0 aliphatic carbocycles. The molecule has 0 radical (unpaired) electrons. The molecular formula is C21H21N3O. The second-order valence-corrected chi connectivity index (χ2v) is 5.77. The predicted octanol–water partition coefficient (Wildman–Crippen LogP) is 4.19. The second-order valence-electron chi connectivity index (χ2n) is 5.77. The van der Waals surface area contributed by atoms with Crippen molar-refractivity contribution in [2.75, 3.05) is 11.9 Å². The van der Waals surface area contributed by atoms with Gasteiger partial charge in [-0.25, -0.2) is 4.98 Å². The fourth-order valence-electron chi connectivity index (χ4n) is 2.51. The molecule has 2 N–H and O–H groups in total. The van der Waals surface area contributed by atoms with Gasteiger partial charge in [-0.15, -0.1) is 0 Å². The molecule has 1 aromatic heterocycles. The summed E-state index contributed by atoms with van der Waals surface area (Å²) in [6.07, 6.45) is 3.47. The van der Waals surface area contributed by atoms with Crippen LogP contribution in [0.15, 0.2) is 79.0 Å². The van der Waals surface area contributed by atoms with Crippen molar-refractivity contribution >= 4 is 17.4 Å². The third-order valence-electron chi connectivity index (χ3n) is 3.84. The Labute approximate surface area is 147 Å². The van der Waals surface area contributed by atoms with Gasteiger partial charge in [-0.1, -0.05) is 48.5 Å². The lowest BCUT2D eigenvalue weighted by Crippen LogP contribution is -2.24. The summed E-state index contributed by atoms with van der Waals surface area (Å²) in [6, 6.07) is 23.7. The minimum atomic E-state index is -0.0909. The van der Waals surface area contributed by atoms with Crippen molar-refractivity contribution in [2.24, 2.45) is 0 Å². The Morgan fingerprint density at radius 2 is 1.60 bits per heavy atom. The van der Waals surface area contributed by atoms with E-state index in [9.17, 15) is 4.79 Å². The quantitative estimate of drug-likeness (QED) is 0.638. The molecule has 4 nitrogen and oxygen atoms in total. The molecule has 0 saturated carbocycles. The van der Waals surface area contributed by atoms with Crippen LogP contribution in [0.5, 0.6) is 0 Å². The first-order chi connectivity index (χ1) is 12.3. The summed E-state index contributed by atoms with van der Waals surface area (Å²) in [7, 11) is 0. The maximum atomic E-state index is 12.2. The van der Waals surface area contributed by atoms with E-state index in [1.165, 1.54) is 5.56 Å². The molecule has 3 aromatic rings. The largest absolute Gasteiger partial charge is 0.352 e. The van der Waals surface area contributed by atoms with Gasteiger partial charge in [0.15, 0.2) is 0 Å². The summed E-state index contributed by atoms with van der Waals surface area (Å²) in [6.45, 7) is 0.651. The average Bonchev–Trinajstić information content (AvgIpc) is 2.67. The number of pyridine rings is 1. The molecule has 1 amide bonds. The minimum absolute atomic E-state index is 0.0909. The van der Waals surface area contributed by atoms with Crippen LogP contribution in [0.2, 0.25) is 0 Å². The van der Waals surface area contributed by atoms with Crippen LogP contribution in [0.3, 0.4) is 0 Å². The van der Waals surface area contributed by atoms with Gasteiger partial charge in [0.2, 0.25) is 0 Å². The Balaban J connectivity index is 1.46. The first kappa shape index (κ1) is 16.7. The number of aryl methyl sites for hydroxylation is 1. The highest BCUT2D eigenvalue weighted by Crippen LogP contribution is 2.13. The number of nitrogens with one attached hydrogen (secondary N) is 2. The number of benzene rings is 2. The molecule has 25 heavy (non-hydrogen) atoms. The molecular weight excluding hydrogens is 310 g/mol. The van der Waals surface area contributed by atoms with Gasteiger partial charge in [0.1, 0.15) is 5.82 Å². The van der Waals surface area contributed by atoms with Gasteiger partial charge in [0.05, 0.1) is 5.56 Å². The Morgan fingerprint density at radius 3 is 2.28 bits per heavy atom. The van der Waals surface area contributed by atoms with Gasteiger partial charge in [0.25, 0.3) is 5.91 Å². The number of amides is 1. The van der Waals surface area contributed by atoms with Crippen LogP contribution in [0.4, 0.5) is 11.5 Å². The fourth-order valence-corrected chi connectivity index (χ4v) is 2.51. The van der Waals surface area contributed by atoms with Crippen molar-refractivity contribution in [3.05, 3.63) is 90.1 Å². The van der Waals surface area contributed by atoms with E-state index in [1.807, 2.05) is 54.6 Å². The first-order valence-corrected chi connectivity index (χ1v) is 8.41. The molecule has 0 aliphatic heterocycles. The van der Waals surface area contributed by atoms with E-state index in [0.29, 0.717) is 17.9 Å². The van der Waals surface area contributed by atoms with Crippen LogP contribution in [-0.4, -0.2) is 17.4 Å². The lowest BCUT2D eigenvalue weighted by atomic mass is 10.1. The molecule has 0 saturated heterocycles. The zero-order chi connectivity index (χ0) is 17.3. The van der Waals surface area contributed by atoms with Gasteiger partial charge >= 0.3 is 0 Å². The van der Waals surface area contributed by atoms with Crippen molar-refractivity contribution in [3.8, 4) is 0 Å². The molecule has 1 heterocycles. The lowest BCUT2D eigenvalue weighted by molar-refractivity contribution is 0.0953. The van der Waals surface area contributed by atoms with Gasteiger partial charge in [-0.3, -0.25) is 4.79 Å². The summed E-state index contributed by atoms with van der Waals surface area (Å²) >= 11 is 0. The molecule has 0 atom stereocenters. The standard InChI is InChI=1S/C21H21N3O/c25-21(22-15-7-10-17-8-3-1-4-9-17)18-13-14-20(23-16-18)24-19-11-5-2-6-12-19/h1-6,8-9,11-14,16H,7,10,15H2,(H,22,25)(H,23,24).